The second kappa shape index (κ2) is 4.03. The van der Waals surface area contributed by atoms with Gasteiger partial charge in [0.1, 0.15) is 11.7 Å². The van der Waals surface area contributed by atoms with Crippen LogP contribution in [-0.4, -0.2) is 31.3 Å². The van der Waals surface area contributed by atoms with E-state index in [0.29, 0.717) is 17.3 Å². The van der Waals surface area contributed by atoms with Gasteiger partial charge in [0.05, 0.1) is 12.3 Å². The number of halogens is 1. The Morgan fingerprint density at radius 3 is 2.93 bits per heavy atom. The first-order valence-corrected chi connectivity index (χ1v) is 4.75. The Labute approximate surface area is 90.4 Å². The summed E-state index contributed by atoms with van der Waals surface area (Å²) in [6.45, 7) is -0.720. The fourth-order valence-electron chi connectivity index (χ4n) is 1.20. The van der Waals surface area contributed by atoms with Crippen LogP contribution >= 0.6 is 12.6 Å². The molecule has 0 aliphatic rings. The Morgan fingerprint density at radius 2 is 2.27 bits per heavy atom. The van der Waals surface area contributed by atoms with Crippen molar-refractivity contribution in [1.29, 1.82) is 0 Å². The molecule has 2 aromatic heterocycles. The van der Waals surface area contributed by atoms with Crippen molar-refractivity contribution < 1.29 is 9.50 Å². The van der Waals surface area contributed by atoms with E-state index in [9.17, 15) is 4.39 Å². The molecular formula is C8H8FN4OS. The van der Waals surface area contributed by atoms with Crippen LogP contribution < -0.4 is 0 Å². The fourth-order valence-corrected chi connectivity index (χ4v) is 1.46. The first-order valence-electron chi connectivity index (χ1n) is 4.34. The van der Waals surface area contributed by atoms with Crippen LogP contribution in [0.25, 0.3) is 5.78 Å². The van der Waals surface area contributed by atoms with E-state index >= 15 is 0 Å². The predicted molar refractivity (Wildman–Crippen MR) is 52.2 cm³/mol. The van der Waals surface area contributed by atoms with Crippen molar-refractivity contribution in [3.05, 3.63) is 17.6 Å². The van der Waals surface area contributed by atoms with Crippen molar-refractivity contribution in [3.63, 3.8) is 0 Å². The molecule has 2 rings (SSSR count). The van der Waals surface area contributed by atoms with Crippen molar-refractivity contribution in [3.8, 4) is 0 Å². The molecule has 0 fully saturated rings. The third-order valence-electron chi connectivity index (χ3n) is 1.85. The lowest BCUT2D eigenvalue weighted by molar-refractivity contribution is 0.296. The van der Waals surface area contributed by atoms with Gasteiger partial charge in [-0.3, -0.25) is 0 Å². The molecule has 0 saturated heterocycles. The average molecular weight is 227 g/mol. The molecule has 0 unspecified atom stereocenters. The number of hydrogen-bond donors (Lipinski definition) is 1. The fraction of sp³-hybridized carbons (Fsp3) is 0.375. The number of rotatable bonds is 3. The maximum absolute atomic E-state index is 12.4. The monoisotopic (exact) mass is 227 g/mol. The molecule has 1 N–H and O–H groups in total. The van der Waals surface area contributed by atoms with Crippen molar-refractivity contribution in [2.45, 2.75) is 18.1 Å². The number of aliphatic hydroxyl groups excluding tert-OH is 1. The van der Waals surface area contributed by atoms with Gasteiger partial charge in [-0.2, -0.15) is 9.50 Å². The van der Waals surface area contributed by atoms with Gasteiger partial charge in [0, 0.05) is 6.42 Å². The van der Waals surface area contributed by atoms with E-state index in [-0.39, 0.29) is 18.1 Å². The van der Waals surface area contributed by atoms with Gasteiger partial charge in [-0.15, -0.1) is 5.10 Å². The number of alkyl halides is 1. The summed E-state index contributed by atoms with van der Waals surface area (Å²) < 4.78 is 13.7. The Balaban J connectivity index is 2.54. The zero-order chi connectivity index (χ0) is 10.8. The minimum Gasteiger partial charge on any atom is -0.396 e. The van der Waals surface area contributed by atoms with Crippen LogP contribution in [-0.2, 0) is 13.1 Å². The highest BCUT2D eigenvalue weighted by atomic mass is 32.1. The van der Waals surface area contributed by atoms with E-state index in [1.807, 2.05) is 0 Å². The summed E-state index contributed by atoms with van der Waals surface area (Å²) in [5.41, 5.74) is 0.246. The van der Waals surface area contributed by atoms with Crippen LogP contribution in [0, 0.1) is 0 Å². The molecule has 15 heavy (non-hydrogen) atoms. The molecule has 5 nitrogen and oxygen atoms in total. The van der Waals surface area contributed by atoms with Crippen molar-refractivity contribution >= 4 is 18.4 Å². The van der Waals surface area contributed by atoms with E-state index < -0.39 is 6.67 Å². The predicted octanol–water partition coefficient (Wildman–Crippen LogP) is 0.685. The van der Waals surface area contributed by atoms with E-state index in [1.54, 1.807) is 0 Å². The molecule has 7 heteroatoms. The van der Waals surface area contributed by atoms with Gasteiger partial charge in [0.15, 0.2) is 5.82 Å². The number of nitrogens with zero attached hydrogens (tertiary/aromatic N) is 4. The first kappa shape index (κ1) is 10.2. The second-order valence-electron chi connectivity index (χ2n) is 2.93. The molecule has 0 aromatic carbocycles. The molecule has 0 aliphatic carbocycles. The van der Waals surface area contributed by atoms with Crippen molar-refractivity contribution in [2.24, 2.45) is 0 Å². The minimum absolute atomic E-state index is 0.0421. The number of aliphatic hydroxyl groups is 1. The number of hydrogen-bond acceptors (Lipinski definition) is 4. The zero-order valence-electron chi connectivity index (χ0n) is 7.72. The summed E-state index contributed by atoms with van der Waals surface area (Å²) in [4.78, 5) is 7.94. The molecule has 0 spiro atoms. The Kier molecular flexibility index (Phi) is 2.74. The maximum Gasteiger partial charge on any atom is 0.254 e. The average Bonchev–Trinajstić information content (AvgIpc) is 2.61. The number of fused-ring (bicyclic) bond motifs is 1. The van der Waals surface area contributed by atoms with Crippen molar-refractivity contribution in [2.75, 3.05) is 6.61 Å². The van der Waals surface area contributed by atoms with E-state index in [2.05, 4.69) is 15.1 Å². The third kappa shape index (κ3) is 1.88. The van der Waals surface area contributed by atoms with E-state index in [4.69, 9.17) is 17.7 Å². The summed E-state index contributed by atoms with van der Waals surface area (Å²) in [6, 6.07) is 1.44. The lowest BCUT2D eigenvalue weighted by Gasteiger charge is -1.96. The highest BCUT2D eigenvalue weighted by Crippen LogP contribution is 2.11. The molecule has 2 aromatic rings. The molecule has 0 saturated carbocycles. The summed E-state index contributed by atoms with van der Waals surface area (Å²) in [5, 5.41) is 13.1. The second-order valence-corrected chi connectivity index (χ2v) is 3.35. The van der Waals surface area contributed by atoms with Crippen LogP contribution in [0.4, 0.5) is 4.39 Å². The summed E-state index contributed by atoms with van der Waals surface area (Å²) in [5.74, 6) is 0.728. The smallest absolute Gasteiger partial charge is 0.254 e. The van der Waals surface area contributed by atoms with Gasteiger partial charge >= 0.3 is 0 Å². The minimum atomic E-state index is -0.678. The van der Waals surface area contributed by atoms with Gasteiger partial charge in [-0.1, -0.05) is 12.6 Å². The highest BCUT2D eigenvalue weighted by Gasteiger charge is 2.09. The number of aromatic nitrogens is 4. The summed E-state index contributed by atoms with van der Waals surface area (Å²) in [7, 11) is 0. The normalized spacial score (nSPS) is 11.1. The van der Waals surface area contributed by atoms with Crippen molar-refractivity contribution in [1.82, 2.24) is 19.6 Å². The van der Waals surface area contributed by atoms with Gasteiger partial charge in [0.25, 0.3) is 5.78 Å². The molecule has 0 bridgehead atoms. The van der Waals surface area contributed by atoms with E-state index in [1.165, 1.54) is 10.6 Å². The molecular weight excluding hydrogens is 219 g/mol. The lowest BCUT2D eigenvalue weighted by atomic mass is 10.4. The lowest BCUT2D eigenvalue weighted by Crippen LogP contribution is -1.97. The van der Waals surface area contributed by atoms with Gasteiger partial charge in [-0.25, -0.2) is 9.37 Å². The van der Waals surface area contributed by atoms with E-state index in [0.717, 1.165) is 0 Å². The van der Waals surface area contributed by atoms with Crippen LogP contribution in [0.15, 0.2) is 11.1 Å². The largest absolute Gasteiger partial charge is 0.396 e. The molecule has 2 heterocycles. The third-order valence-corrected chi connectivity index (χ3v) is 2.14. The molecule has 0 aliphatic heterocycles. The van der Waals surface area contributed by atoms with Crippen LogP contribution in [0.5, 0.6) is 0 Å². The molecule has 79 valence electrons. The van der Waals surface area contributed by atoms with Crippen LogP contribution in [0.2, 0.25) is 0 Å². The van der Waals surface area contributed by atoms with Crippen LogP contribution in [0.1, 0.15) is 11.5 Å². The van der Waals surface area contributed by atoms with Gasteiger partial charge in [-0.05, 0) is 6.07 Å². The topological polar surface area (TPSA) is 63.3 Å². The highest BCUT2D eigenvalue weighted by molar-refractivity contribution is 7.80. The van der Waals surface area contributed by atoms with Crippen LogP contribution in [0.3, 0.4) is 0 Å². The maximum atomic E-state index is 12.4. The van der Waals surface area contributed by atoms with Gasteiger partial charge in [0.2, 0.25) is 0 Å². The zero-order valence-corrected chi connectivity index (χ0v) is 8.54. The first-order chi connectivity index (χ1) is 7.24. The Bertz CT molecular complexity index is 487. The SMILES string of the molecule is OCCc1nc2nc(CF)cc([S])n2n1. The molecule has 0 atom stereocenters. The standard InChI is InChI=1S/C8H8FN4OS/c9-4-5-3-7(15)13-8(10-5)11-6(12-13)1-2-14/h3,14H,1-2,4H2. The van der Waals surface area contributed by atoms with Gasteiger partial charge < -0.3 is 5.11 Å². The summed E-state index contributed by atoms with van der Waals surface area (Å²) in [6.07, 6.45) is 0.336. The molecule has 0 amide bonds. The summed E-state index contributed by atoms with van der Waals surface area (Å²) >= 11 is 5.00. The molecule has 1 radical (unpaired) electrons. The Hall–Kier alpha value is -1.34. The Morgan fingerprint density at radius 1 is 1.47 bits per heavy atom. The quantitative estimate of drug-likeness (QED) is 0.783.